The van der Waals surface area contributed by atoms with Gasteiger partial charge in [-0.2, -0.15) is 0 Å². The van der Waals surface area contributed by atoms with Gasteiger partial charge in [0.2, 0.25) is 15.9 Å². The Hall–Kier alpha value is -3.46. The number of ether oxygens (including phenoxy) is 2. The van der Waals surface area contributed by atoms with Crippen molar-refractivity contribution in [3.63, 3.8) is 0 Å². The molecule has 1 aliphatic carbocycles. The fourth-order valence-corrected chi connectivity index (χ4v) is 3.77. The van der Waals surface area contributed by atoms with Crippen LogP contribution in [0.3, 0.4) is 0 Å². The van der Waals surface area contributed by atoms with Crippen LogP contribution in [-0.4, -0.2) is 32.2 Å². The lowest BCUT2D eigenvalue weighted by atomic mass is 10.0. The van der Waals surface area contributed by atoms with Gasteiger partial charge >= 0.3 is 0 Å². The Morgan fingerprint density at radius 3 is 2.53 bits per heavy atom. The highest BCUT2D eigenvalue weighted by atomic mass is 32.2. The highest BCUT2D eigenvalue weighted by Crippen LogP contribution is 2.30. The molecular formula is C25H25FN2O5S. The maximum atomic E-state index is 14.5. The SMILES string of the molecule is Cc1cc(OCc2ccc(C(=O)NS(C)(=O)=O)cc2F)cc(-c2ccc(OCC3CC3)nc2)c1. The molecule has 0 aliphatic heterocycles. The van der Waals surface area contributed by atoms with Crippen LogP contribution in [0.15, 0.2) is 54.7 Å². The summed E-state index contributed by atoms with van der Waals surface area (Å²) < 4.78 is 50.2. The van der Waals surface area contributed by atoms with Crippen LogP contribution >= 0.6 is 0 Å². The fourth-order valence-electron chi connectivity index (χ4n) is 3.32. The molecule has 0 radical (unpaired) electrons. The zero-order chi connectivity index (χ0) is 24.3. The monoisotopic (exact) mass is 484 g/mol. The molecule has 1 fully saturated rings. The van der Waals surface area contributed by atoms with Crippen molar-refractivity contribution in [1.82, 2.24) is 9.71 Å². The van der Waals surface area contributed by atoms with Crippen molar-refractivity contribution < 1.29 is 27.1 Å². The van der Waals surface area contributed by atoms with Gasteiger partial charge in [-0.15, -0.1) is 0 Å². The summed E-state index contributed by atoms with van der Waals surface area (Å²) in [5, 5.41) is 0. The third kappa shape index (κ3) is 6.54. The normalized spacial score (nSPS) is 13.4. The number of hydrogen-bond acceptors (Lipinski definition) is 6. The van der Waals surface area contributed by atoms with Crippen molar-refractivity contribution >= 4 is 15.9 Å². The average molecular weight is 485 g/mol. The largest absolute Gasteiger partial charge is 0.489 e. The number of amides is 1. The van der Waals surface area contributed by atoms with Gasteiger partial charge in [-0.25, -0.2) is 22.5 Å². The Labute approximate surface area is 198 Å². The van der Waals surface area contributed by atoms with Crippen LogP contribution < -0.4 is 14.2 Å². The number of halogens is 1. The summed E-state index contributed by atoms with van der Waals surface area (Å²) in [7, 11) is -3.74. The number of pyridine rings is 1. The second kappa shape index (κ2) is 9.80. The van der Waals surface area contributed by atoms with Crippen molar-refractivity contribution in [2.75, 3.05) is 12.9 Å². The van der Waals surface area contributed by atoms with Gasteiger partial charge in [0.05, 0.1) is 12.9 Å². The van der Waals surface area contributed by atoms with E-state index in [1.54, 1.807) is 6.20 Å². The van der Waals surface area contributed by atoms with Gasteiger partial charge in [0.25, 0.3) is 5.91 Å². The van der Waals surface area contributed by atoms with Crippen LogP contribution in [-0.2, 0) is 16.6 Å². The molecule has 4 rings (SSSR count). The van der Waals surface area contributed by atoms with E-state index >= 15 is 0 Å². The summed E-state index contributed by atoms with van der Waals surface area (Å²) >= 11 is 0. The molecule has 0 spiro atoms. The molecule has 1 aliphatic rings. The fraction of sp³-hybridized carbons (Fsp3) is 0.280. The predicted molar refractivity (Wildman–Crippen MR) is 126 cm³/mol. The standard InChI is InChI=1S/C25H25FN2O5S/c1-16-9-21(19-7-8-24(27-13-19)33-14-17-3-4-17)11-22(10-16)32-15-20-6-5-18(12-23(20)26)25(29)28-34(2,30)31/h5-13,17H,3-4,14-15H2,1-2H3,(H,28,29). The third-order valence-corrected chi connectivity index (χ3v) is 5.83. The molecule has 1 saturated carbocycles. The molecule has 1 N–H and O–H groups in total. The average Bonchev–Trinajstić information content (AvgIpc) is 3.60. The van der Waals surface area contributed by atoms with E-state index in [1.807, 2.05) is 42.0 Å². The van der Waals surface area contributed by atoms with Gasteiger partial charge in [-0.1, -0.05) is 12.1 Å². The van der Waals surface area contributed by atoms with Crippen molar-refractivity contribution in [3.05, 3.63) is 77.2 Å². The number of carbonyl (C=O) groups is 1. The van der Waals surface area contributed by atoms with Gasteiger partial charge in [0.1, 0.15) is 18.2 Å². The molecule has 178 valence electrons. The third-order valence-electron chi connectivity index (χ3n) is 5.27. The highest BCUT2D eigenvalue weighted by molar-refractivity contribution is 7.89. The number of rotatable bonds is 9. The molecule has 0 atom stereocenters. The van der Waals surface area contributed by atoms with Gasteiger partial charge in [0, 0.05) is 29.0 Å². The first-order chi connectivity index (χ1) is 16.2. The molecule has 1 aromatic heterocycles. The minimum absolute atomic E-state index is 0.0606. The van der Waals surface area contributed by atoms with E-state index in [0.29, 0.717) is 24.2 Å². The first kappa shape index (κ1) is 23.7. The first-order valence-electron chi connectivity index (χ1n) is 10.8. The molecule has 34 heavy (non-hydrogen) atoms. The maximum Gasteiger partial charge on any atom is 0.264 e. The minimum atomic E-state index is -3.74. The van der Waals surface area contributed by atoms with E-state index in [0.717, 1.165) is 29.0 Å². The second-order valence-electron chi connectivity index (χ2n) is 8.47. The topological polar surface area (TPSA) is 94.6 Å². The number of carbonyl (C=O) groups excluding carboxylic acids is 1. The van der Waals surface area contributed by atoms with E-state index in [2.05, 4.69) is 4.98 Å². The zero-order valence-electron chi connectivity index (χ0n) is 18.9. The summed E-state index contributed by atoms with van der Waals surface area (Å²) in [6.07, 6.45) is 5.04. The van der Waals surface area contributed by atoms with E-state index < -0.39 is 21.7 Å². The smallest absolute Gasteiger partial charge is 0.264 e. The number of aromatic nitrogens is 1. The van der Waals surface area contributed by atoms with Crippen molar-refractivity contribution in [2.45, 2.75) is 26.4 Å². The summed E-state index contributed by atoms with van der Waals surface area (Å²) in [6.45, 7) is 2.58. The van der Waals surface area contributed by atoms with Crippen LogP contribution in [0.5, 0.6) is 11.6 Å². The van der Waals surface area contributed by atoms with Gasteiger partial charge in [0.15, 0.2) is 0 Å². The molecule has 0 saturated heterocycles. The zero-order valence-corrected chi connectivity index (χ0v) is 19.7. The van der Waals surface area contributed by atoms with Crippen LogP contribution in [0.25, 0.3) is 11.1 Å². The Bertz CT molecular complexity index is 1310. The molecule has 0 bridgehead atoms. The Balaban J connectivity index is 1.43. The number of aryl methyl sites for hydroxylation is 1. The molecular weight excluding hydrogens is 459 g/mol. The second-order valence-corrected chi connectivity index (χ2v) is 10.2. The predicted octanol–water partition coefficient (Wildman–Crippen LogP) is 4.25. The summed E-state index contributed by atoms with van der Waals surface area (Å²) in [5.41, 5.74) is 2.92. The van der Waals surface area contributed by atoms with Crippen LogP contribution in [0.2, 0.25) is 0 Å². The Morgan fingerprint density at radius 2 is 1.88 bits per heavy atom. The van der Waals surface area contributed by atoms with E-state index in [9.17, 15) is 17.6 Å². The summed E-state index contributed by atoms with van der Waals surface area (Å²) in [4.78, 5) is 16.3. The maximum absolute atomic E-state index is 14.5. The molecule has 1 heterocycles. The van der Waals surface area contributed by atoms with Crippen LogP contribution in [0.1, 0.15) is 34.3 Å². The number of nitrogens with zero attached hydrogens (tertiary/aromatic N) is 1. The lowest BCUT2D eigenvalue weighted by Gasteiger charge is -2.12. The van der Waals surface area contributed by atoms with Crippen molar-refractivity contribution in [3.8, 4) is 22.8 Å². The van der Waals surface area contributed by atoms with Crippen molar-refractivity contribution in [1.29, 1.82) is 0 Å². The molecule has 0 unspecified atom stereocenters. The lowest BCUT2D eigenvalue weighted by Crippen LogP contribution is -2.29. The number of sulfonamides is 1. The number of benzene rings is 2. The molecule has 3 aromatic rings. The molecule has 7 nitrogen and oxygen atoms in total. The van der Waals surface area contributed by atoms with Gasteiger partial charge < -0.3 is 9.47 Å². The first-order valence-corrected chi connectivity index (χ1v) is 12.7. The van der Waals surface area contributed by atoms with Gasteiger partial charge in [-0.3, -0.25) is 4.79 Å². The summed E-state index contributed by atoms with van der Waals surface area (Å²) in [5.74, 6) is 0.254. The van der Waals surface area contributed by atoms with E-state index in [4.69, 9.17) is 9.47 Å². The quantitative estimate of drug-likeness (QED) is 0.488. The minimum Gasteiger partial charge on any atom is -0.489 e. The summed E-state index contributed by atoms with van der Waals surface area (Å²) in [6, 6.07) is 13.2. The van der Waals surface area contributed by atoms with Crippen LogP contribution in [0.4, 0.5) is 4.39 Å². The Morgan fingerprint density at radius 1 is 1.09 bits per heavy atom. The van der Waals surface area contributed by atoms with Crippen molar-refractivity contribution in [2.24, 2.45) is 5.92 Å². The van der Waals surface area contributed by atoms with Crippen LogP contribution in [0, 0.1) is 18.7 Å². The molecule has 2 aromatic carbocycles. The lowest BCUT2D eigenvalue weighted by molar-refractivity contribution is 0.0981. The van der Waals surface area contributed by atoms with Gasteiger partial charge in [-0.05, 0) is 67.1 Å². The highest BCUT2D eigenvalue weighted by Gasteiger charge is 2.22. The number of hydrogen-bond donors (Lipinski definition) is 1. The van der Waals surface area contributed by atoms with E-state index in [-0.39, 0.29) is 17.7 Å². The molecule has 9 heteroatoms. The molecule has 1 amide bonds. The Kier molecular flexibility index (Phi) is 6.83. The number of nitrogens with one attached hydrogen (secondary N) is 1. The van der Waals surface area contributed by atoms with E-state index in [1.165, 1.54) is 25.0 Å².